The minimum Gasteiger partial charge on any atom is -0.457 e. The molecule has 7 aromatic carbocycles. The van der Waals surface area contributed by atoms with Gasteiger partial charge in [0.2, 0.25) is 0 Å². The van der Waals surface area contributed by atoms with Gasteiger partial charge in [-0.15, -0.1) is 0 Å². The lowest BCUT2D eigenvalue weighted by molar-refractivity contribution is 0.436. The van der Waals surface area contributed by atoms with Crippen molar-refractivity contribution in [2.24, 2.45) is 0 Å². The first-order valence-electron chi connectivity index (χ1n) is 18.8. The predicted octanol–water partition coefficient (Wildman–Crippen LogP) is 12.1. The Balaban J connectivity index is 1.14. The van der Waals surface area contributed by atoms with Gasteiger partial charge in [0.15, 0.2) is 17.5 Å². The maximum atomic E-state index is 6.67. The van der Waals surface area contributed by atoms with E-state index in [2.05, 4.69) is 102 Å². The fourth-order valence-electron chi connectivity index (χ4n) is 8.52. The summed E-state index contributed by atoms with van der Waals surface area (Å²) in [7, 11) is 0. The van der Waals surface area contributed by atoms with Crippen molar-refractivity contribution >= 4 is 0 Å². The molecule has 11 rings (SSSR count). The van der Waals surface area contributed by atoms with E-state index in [0.29, 0.717) is 17.5 Å². The minimum atomic E-state index is -0.673. The zero-order valence-electron chi connectivity index (χ0n) is 30.2. The monoisotopic (exact) mass is 716 g/mol. The maximum absolute atomic E-state index is 6.67. The van der Waals surface area contributed by atoms with E-state index < -0.39 is 5.41 Å². The molecule has 0 amide bonds. The van der Waals surface area contributed by atoms with Crippen LogP contribution >= 0.6 is 0 Å². The van der Waals surface area contributed by atoms with Crippen LogP contribution in [-0.2, 0) is 5.41 Å². The molecule has 56 heavy (non-hydrogen) atoms. The zero-order chi connectivity index (χ0) is 37.1. The van der Waals surface area contributed by atoms with E-state index in [1.54, 1.807) is 0 Å². The van der Waals surface area contributed by atoms with E-state index in [0.717, 1.165) is 61.7 Å². The molecule has 3 heterocycles. The van der Waals surface area contributed by atoms with Gasteiger partial charge in [-0.05, 0) is 69.8 Å². The van der Waals surface area contributed by atoms with Crippen LogP contribution in [0.15, 0.2) is 194 Å². The Labute approximate surface area is 324 Å². The van der Waals surface area contributed by atoms with Crippen molar-refractivity contribution in [1.82, 2.24) is 19.9 Å². The van der Waals surface area contributed by atoms with Crippen molar-refractivity contribution in [3.8, 4) is 79.2 Å². The van der Waals surface area contributed by atoms with Crippen molar-refractivity contribution in [2.75, 3.05) is 0 Å². The molecule has 2 aromatic heterocycles. The largest absolute Gasteiger partial charge is 0.457 e. The van der Waals surface area contributed by atoms with Crippen LogP contribution in [0.25, 0.3) is 67.7 Å². The lowest BCUT2D eigenvalue weighted by Gasteiger charge is -2.39. The van der Waals surface area contributed by atoms with Gasteiger partial charge >= 0.3 is 0 Å². The van der Waals surface area contributed by atoms with Crippen LogP contribution in [0.2, 0.25) is 0 Å². The van der Waals surface area contributed by atoms with Gasteiger partial charge in [-0.25, -0.2) is 15.0 Å². The SMILES string of the molecule is c1ccc(-c2nc(-c3ccccc3)nc(-c3ccc4c(c3)C3(c5ccccc5Oc5ccccc53)c3cc(-c5ccc(-c6ccccn6)cc5)ccc3-4)n2)cc1. The fourth-order valence-corrected chi connectivity index (χ4v) is 8.52. The second-order valence-corrected chi connectivity index (χ2v) is 14.2. The molecule has 0 fully saturated rings. The molecule has 0 saturated heterocycles. The Morgan fingerprint density at radius 1 is 0.339 bits per heavy atom. The topological polar surface area (TPSA) is 60.8 Å². The highest BCUT2D eigenvalue weighted by molar-refractivity contribution is 5.91. The highest BCUT2D eigenvalue weighted by Gasteiger charge is 2.51. The van der Waals surface area contributed by atoms with E-state index in [4.69, 9.17) is 19.7 Å². The lowest BCUT2D eigenvalue weighted by atomic mass is 9.65. The standard InChI is InChI=1S/C51H32N4O/c1-3-13-35(14-4-1)48-53-49(36-15-5-2-6-16-36)55-50(54-48)38-27-29-40-39-28-26-37(33-22-24-34(25-23-33)45-19-11-12-30-52-45)31-43(39)51(44(40)32-38)41-17-7-9-20-46(41)56-47-21-10-8-18-42(47)51/h1-32H. The van der Waals surface area contributed by atoms with Crippen molar-refractivity contribution < 1.29 is 4.74 Å². The molecule has 5 heteroatoms. The second-order valence-electron chi connectivity index (χ2n) is 14.2. The smallest absolute Gasteiger partial charge is 0.164 e. The Kier molecular flexibility index (Phi) is 7.32. The Bertz CT molecular complexity index is 2830. The normalized spacial score (nSPS) is 12.9. The van der Waals surface area contributed by atoms with Gasteiger partial charge in [-0.2, -0.15) is 0 Å². The molecule has 1 aliphatic heterocycles. The molecular weight excluding hydrogens is 685 g/mol. The molecule has 0 radical (unpaired) electrons. The van der Waals surface area contributed by atoms with Gasteiger partial charge in [0.25, 0.3) is 0 Å². The van der Waals surface area contributed by atoms with Gasteiger partial charge in [-0.3, -0.25) is 4.98 Å². The van der Waals surface area contributed by atoms with Crippen molar-refractivity contribution in [3.63, 3.8) is 0 Å². The van der Waals surface area contributed by atoms with Crippen LogP contribution in [0.4, 0.5) is 0 Å². The van der Waals surface area contributed by atoms with E-state index in [9.17, 15) is 0 Å². The molecule has 1 aliphatic carbocycles. The summed E-state index contributed by atoms with van der Waals surface area (Å²) in [6, 6.07) is 65.5. The van der Waals surface area contributed by atoms with E-state index in [1.807, 2.05) is 97.2 Å². The molecule has 2 aliphatic rings. The minimum absolute atomic E-state index is 0.619. The van der Waals surface area contributed by atoms with Crippen LogP contribution < -0.4 is 4.74 Å². The number of para-hydroxylation sites is 2. The van der Waals surface area contributed by atoms with Crippen LogP contribution in [0.3, 0.4) is 0 Å². The predicted molar refractivity (Wildman–Crippen MR) is 222 cm³/mol. The van der Waals surface area contributed by atoms with Crippen LogP contribution in [0.1, 0.15) is 22.3 Å². The zero-order valence-corrected chi connectivity index (χ0v) is 30.2. The van der Waals surface area contributed by atoms with Gasteiger partial charge in [0, 0.05) is 39.6 Å². The molecule has 0 atom stereocenters. The molecule has 1 spiro atoms. The highest BCUT2D eigenvalue weighted by atomic mass is 16.5. The van der Waals surface area contributed by atoms with Crippen LogP contribution in [0, 0.1) is 0 Å². The Hall–Kier alpha value is -7.50. The summed E-state index contributed by atoms with van der Waals surface area (Å²) in [5, 5.41) is 0. The second kappa shape index (κ2) is 12.8. The van der Waals surface area contributed by atoms with Gasteiger partial charge < -0.3 is 4.74 Å². The molecule has 262 valence electrons. The number of hydrogen-bond donors (Lipinski definition) is 0. The summed E-state index contributed by atoms with van der Waals surface area (Å²) in [4.78, 5) is 19.8. The number of benzene rings is 7. The number of rotatable bonds is 5. The van der Waals surface area contributed by atoms with Gasteiger partial charge in [0.1, 0.15) is 11.5 Å². The molecule has 0 bridgehead atoms. The average molecular weight is 717 g/mol. The van der Waals surface area contributed by atoms with Gasteiger partial charge in [0.05, 0.1) is 11.1 Å². The highest BCUT2D eigenvalue weighted by Crippen LogP contribution is 2.62. The molecule has 0 saturated carbocycles. The third kappa shape index (κ3) is 5.02. The van der Waals surface area contributed by atoms with E-state index in [1.165, 1.54) is 22.3 Å². The lowest BCUT2D eigenvalue weighted by Crippen LogP contribution is -2.32. The van der Waals surface area contributed by atoms with E-state index >= 15 is 0 Å². The maximum Gasteiger partial charge on any atom is 0.164 e. The van der Waals surface area contributed by atoms with Crippen LogP contribution in [-0.4, -0.2) is 19.9 Å². The number of pyridine rings is 1. The van der Waals surface area contributed by atoms with Crippen LogP contribution in [0.5, 0.6) is 11.5 Å². The summed E-state index contributed by atoms with van der Waals surface area (Å²) in [6.45, 7) is 0. The van der Waals surface area contributed by atoms with Gasteiger partial charge in [-0.1, -0.05) is 152 Å². The fraction of sp³-hybridized carbons (Fsp3) is 0.0196. The Morgan fingerprint density at radius 3 is 1.38 bits per heavy atom. The van der Waals surface area contributed by atoms with Crippen molar-refractivity contribution in [2.45, 2.75) is 5.41 Å². The Morgan fingerprint density at radius 2 is 0.804 bits per heavy atom. The summed E-state index contributed by atoms with van der Waals surface area (Å²) in [5.41, 5.74) is 13.4. The molecular formula is C51H32N4O. The first-order chi connectivity index (χ1) is 27.7. The first kappa shape index (κ1) is 32.0. The number of aromatic nitrogens is 4. The summed E-state index contributed by atoms with van der Waals surface area (Å²) < 4.78 is 6.67. The summed E-state index contributed by atoms with van der Waals surface area (Å²) in [5.74, 6) is 3.58. The summed E-state index contributed by atoms with van der Waals surface area (Å²) in [6.07, 6.45) is 1.83. The van der Waals surface area contributed by atoms with E-state index in [-0.39, 0.29) is 0 Å². The molecule has 9 aromatic rings. The molecule has 0 unspecified atom stereocenters. The summed E-state index contributed by atoms with van der Waals surface area (Å²) >= 11 is 0. The number of ether oxygens (including phenoxy) is 1. The number of nitrogens with zero attached hydrogens (tertiary/aromatic N) is 4. The number of hydrogen-bond acceptors (Lipinski definition) is 5. The quantitative estimate of drug-likeness (QED) is 0.177. The molecule has 5 nitrogen and oxygen atoms in total. The molecule has 0 N–H and O–H groups in total. The number of fused-ring (bicyclic) bond motifs is 9. The average Bonchev–Trinajstić information content (AvgIpc) is 3.56. The first-order valence-corrected chi connectivity index (χ1v) is 18.8. The van der Waals surface area contributed by atoms with Crippen molar-refractivity contribution in [3.05, 3.63) is 217 Å². The third-order valence-corrected chi connectivity index (χ3v) is 11.1. The third-order valence-electron chi connectivity index (χ3n) is 11.1. The van der Waals surface area contributed by atoms with Crippen molar-refractivity contribution in [1.29, 1.82) is 0 Å².